The van der Waals surface area contributed by atoms with Gasteiger partial charge in [-0.15, -0.1) is 0 Å². The second kappa shape index (κ2) is 7.29. The van der Waals surface area contributed by atoms with Gasteiger partial charge in [-0.2, -0.15) is 0 Å². The Hall–Kier alpha value is -2.33. The van der Waals surface area contributed by atoms with Crippen LogP contribution in [-0.4, -0.2) is 19.1 Å². The van der Waals surface area contributed by atoms with Crippen LogP contribution in [0.15, 0.2) is 54.2 Å². The molecule has 0 amide bonds. The van der Waals surface area contributed by atoms with Crippen LogP contribution in [0, 0.1) is 0 Å². The van der Waals surface area contributed by atoms with Crippen LogP contribution < -0.4 is 4.74 Å². The monoisotopic (exact) mass is 326 g/mol. The highest BCUT2D eigenvalue weighted by Gasteiger charge is 2.11. The fourth-order valence-electron chi connectivity index (χ4n) is 2.01. The van der Waals surface area contributed by atoms with Crippen LogP contribution >= 0.6 is 0 Å². The highest BCUT2D eigenvalue weighted by atomic mass is 28.3. The zero-order chi connectivity index (χ0) is 16.9. The van der Waals surface area contributed by atoms with Gasteiger partial charge in [0.05, 0.1) is 13.6 Å². The number of carboxylic acids is 1. The van der Waals surface area contributed by atoms with E-state index in [4.69, 9.17) is 4.74 Å². The predicted octanol–water partition coefficient (Wildman–Crippen LogP) is 4.85. The Kier molecular flexibility index (Phi) is 5.39. The van der Waals surface area contributed by atoms with E-state index < -0.39 is 14.0 Å². The lowest BCUT2D eigenvalue weighted by molar-refractivity contribution is 0.0696. The maximum Gasteiger partial charge on any atom is 0.335 e. The van der Waals surface area contributed by atoms with Gasteiger partial charge in [-0.3, -0.25) is 0 Å². The van der Waals surface area contributed by atoms with E-state index in [1.54, 1.807) is 18.2 Å². The molecule has 0 spiro atoms. The van der Waals surface area contributed by atoms with Gasteiger partial charge in [0.1, 0.15) is 12.4 Å². The summed E-state index contributed by atoms with van der Waals surface area (Å²) in [7, 11) is -1.34. The third kappa shape index (κ3) is 5.42. The van der Waals surface area contributed by atoms with Crippen LogP contribution in [0.2, 0.25) is 19.6 Å². The number of hydrogen-bond donors (Lipinski definition) is 1. The summed E-state index contributed by atoms with van der Waals surface area (Å²) in [4.78, 5) is 11.2. The Labute approximate surface area is 138 Å². The number of carboxylic acid groups (broad SMARTS) is 1. The molecule has 2 rings (SSSR count). The van der Waals surface area contributed by atoms with Crippen molar-refractivity contribution < 1.29 is 14.6 Å². The summed E-state index contributed by atoms with van der Waals surface area (Å²) in [5.41, 5.74) is 4.41. The average Bonchev–Trinajstić information content (AvgIpc) is 2.51. The van der Waals surface area contributed by atoms with E-state index >= 15 is 0 Å². The van der Waals surface area contributed by atoms with E-state index in [1.807, 2.05) is 36.4 Å². The minimum atomic E-state index is -1.34. The molecule has 2 aromatic carbocycles. The average molecular weight is 326 g/mol. The van der Waals surface area contributed by atoms with Gasteiger partial charge in [0.25, 0.3) is 0 Å². The molecule has 0 aliphatic heterocycles. The molecule has 120 valence electrons. The number of benzene rings is 2. The van der Waals surface area contributed by atoms with Crippen LogP contribution in [0.5, 0.6) is 5.75 Å². The predicted molar refractivity (Wildman–Crippen MR) is 96.6 cm³/mol. The molecule has 4 heteroatoms. The topological polar surface area (TPSA) is 46.5 Å². The molecule has 2 aromatic rings. The van der Waals surface area contributed by atoms with Gasteiger partial charge in [-0.05, 0) is 17.7 Å². The molecule has 0 unspecified atom stereocenters. The van der Waals surface area contributed by atoms with Gasteiger partial charge in [0.2, 0.25) is 0 Å². The standard InChI is InChI=1S/C19H22O3Si/c1-23(2,3)12-11-16-9-10-17(19(20)21)13-18(16)22-14-15-7-5-4-6-8-15/h4-13H,14H2,1-3H3,(H,20,21). The van der Waals surface area contributed by atoms with Crippen molar-refractivity contribution in [3.05, 3.63) is 70.9 Å². The molecule has 3 nitrogen and oxygen atoms in total. The van der Waals surface area contributed by atoms with Crippen molar-refractivity contribution >= 4 is 20.1 Å². The third-order valence-electron chi connectivity index (χ3n) is 3.26. The quantitative estimate of drug-likeness (QED) is 0.772. The molecule has 0 fully saturated rings. The van der Waals surface area contributed by atoms with Crippen molar-refractivity contribution in [2.24, 2.45) is 0 Å². The van der Waals surface area contributed by atoms with Gasteiger partial charge in [-0.25, -0.2) is 4.79 Å². The first kappa shape index (κ1) is 17.0. The molecule has 0 aromatic heterocycles. The van der Waals surface area contributed by atoms with Gasteiger partial charge >= 0.3 is 5.97 Å². The third-order valence-corrected chi connectivity index (χ3v) is 4.43. The summed E-state index contributed by atoms with van der Waals surface area (Å²) >= 11 is 0. The first-order chi connectivity index (χ1) is 10.8. The van der Waals surface area contributed by atoms with Gasteiger partial charge in [0.15, 0.2) is 0 Å². The Morgan fingerprint density at radius 1 is 1.13 bits per heavy atom. The number of hydrogen-bond acceptors (Lipinski definition) is 2. The molecule has 0 bridgehead atoms. The Morgan fingerprint density at radius 2 is 1.83 bits per heavy atom. The van der Waals surface area contributed by atoms with Crippen molar-refractivity contribution in [2.45, 2.75) is 26.2 Å². The largest absolute Gasteiger partial charge is 0.488 e. The molecule has 0 saturated heterocycles. The molecule has 0 heterocycles. The first-order valence-corrected chi connectivity index (χ1v) is 11.2. The Morgan fingerprint density at radius 3 is 2.43 bits per heavy atom. The highest BCUT2D eigenvalue weighted by molar-refractivity contribution is 6.81. The van der Waals surface area contributed by atoms with Crippen LogP contribution in [0.25, 0.3) is 6.08 Å². The van der Waals surface area contributed by atoms with Gasteiger partial charge in [-0.1, -0.05) is 67.8 Å². The molecule has 0 aliphatic carbocycles. The van der Waals surface area contributed by atoms with E-state index in [9.17, 15) is 9.90 Å². The van der Waals surface area contributed by atoms with E-state index in [2.05, 4.69) is 25.3 Å². The summed E-state index contributed by atoms with van der Waals surface area (Å²) in [6.07, 6.45) is 2.04. The van der Waals surface area contributed by atoms with Gasteiger partial charge in [0, 0.05) is 5.56 Å². The molecular formula is C19H22O3Si. The fraction of sp³-hybridized carbons (Fsp3) is 0.211. The fourth-order valence-corrected chi connectivity index (χ4v) is 2.68. The zero-order valence-corrected chi connectivity index (χ0v) is 14.7. The first-order valence-electron chi connectivity index (χ1n) is 7.58. The van der Waals surface area contributed by atoms with E-state index in [0.717, 1.165) is 11.1 Å². The van der Waals surface area contributed by atoms with E-state index in [-0.39, 0.29) is 5.56 Å². The Bertz CT molecular complexity index is 700. The summed E-state index contributed by atoms with van der Waals surface area (Å²) in [6.45, 7) is 7.16. The summed E-state index contributed by atoms with van der Waals surface area (Å²) in [5, 5.41) is 9.18. The molecule has 0 aliphatic rings. The SMILES string of the molecule is C[Si](C)(C)C=Cc1ccc(C(=O)O)cc1OCc1ccccc1. The van der Waals surface area contributed by atoms with Crippen LogP contribution in [0.4, 0.5) is 0 Å². The van der Waals surface area contributed by atoms with Gasteiger partial charge < -0.3 is 9.84 Å². The highest BCUT2D eigenvalue weighted by Crippen LogP contribution is 2.24. The lowest BCUT2D eigenvalue weighted by atomic mass is 10.1. The second-order valence-electron chi connectivity index (χ2n) is 6.53. The van der Waals surface area contributed by atoms with Crippen molar-refractivity contribution in [3.63, 3.8) is 0 Å². The normalized spacial score (nSPS) is 11.6. The molecule has 0 radical (unpaired) electrons. The molecular weight excluding hydrogens is 304 g/mol. The maximum absolute atomic E-state index is 11.2. The molecule has 0 saturated carbocycles. The van der Waals surface area contributed by atoms with Crippen LogP contribution in [0.3, 0.4) is 0 Å². The minimum absolute atomic E-state index is 0.234. The summed E-state index contributed by atoms with van der Waals surface area (Å²) in [6, 6.07) is 14.8. The molecule has 0 atom stereocenters. The summed E-state index contributed by atoms with van der Waals surface area (Å²) in [5.74, 6) is -0.349. The minimum Gasteiger partial charge on any atom is -0.488 e. The van der Waals surface area contributed by atoms with Crippen molar-refractivity contribution in [1.29, 1.82) is 0 Å². The van der Waals surface area contributed by atoms with Crippen LogP contribution in [0.1, 0.15) is 21.5 Å². The van der Waals surface area contributed by atoms with Crippen molar-refractivity contribution in [2.75, 3.05) is 0 Å². The maximum atomic E-state index is 11.2. The second-order valence-corrected chi connectivity index (χ2v) is 11.6. The number of aromatic carboxylic acids is 1. The van der Waals surface area contributed by atoms with E-state index in [0.29, 0.717) is 12.4 Å². The molecule has 1 N–H and O–H groups in total. The number of rotatable bonds is 6. The summed E-state index contributed by atoms with van der Waals surface area (Å²) < 4.78 is 5.88. The zero-order valence-electron chi connectivity index (χ0n) is 13.7. The lowest BCUT2D eigenvalue weighted by Gasteiger charge is -2.12. The number of ether oxygens (including phenoxy) is 1. The van der Waals surface area contributed by atoms with Crippen molar-refractivity contribution in [3.8, 4) is 5.75 Å². The molecule has 23 heavy (non-hydrogen) atoms. The van der Waals surface area contributed by atoms with E-state index in [1.165, 1.54) is 0 Å². The lowest BCUT2D eigenvalue weighted by Crippen LogP contribution is -2.15. The van der Waals surface area contributed by atoms with Crippen LogP contribution in [-0.2, 0) is 6.61 Å². The number of carbonyl (C=O) groups is 1. The van der Waals surface area contributed by atoms with Crippen molar-refractivity contribution in [1.82, 2.24) is 0 Å². The smallest absolute Gasteiger partial charge is 0.335 e. The Balaban J connectivity index is 2.27.